The van der Waals surface area contributed by atoms with E-state index in [2.05, 4.69) is 41.8 Å². The lowest BCUT2D eigenvalue weighted by Gasteiger charge is -2.20. The Morgan fingerprint density at radius 3 is 2.12 bits per heavy atom. The summed E-state index contributed by atoms with van der Waals surface area (Å²) in [6.45, 7) is 4.66. The zero-order chi connectivity index (χ0) is 28.9. The third-order valence-electron chi connectivity index (χ3n) is 7.06. The molecule has 41 heavy (non-hydrogen) atoms. The summed E-state index contributed by atoms with van der Waals surface area (Å²) in [5.74, 6) is -0.273. The second-order valence-electron chi connectivity index (χ2n) is 9.62. The van der Waals surface area contributed by atoms with Gasteiger partial charge in [0.05, 0.1) is 12.6 Å². The Labute approximate surface area is 253 Å². The topological polar surface area (TPSA) is 67.4 Å². The van der Waals surface area contributed by atoms with Crippen molar-refractivity contribution in [3.05, 3.63) is 116 Å². The van der Waals surface area contributed by atoms with Crippen molar-refractivity contribution in [1.29, 1.82) is 0 Å². The molecular formula is C33H30Cl2N2O3S. The largest absolute Gasteiger partial charge is 0.462 e. The number of carbonyl (C=O) groups is 2. The fourth-order valence-electron chi connectivity index (χ4n) is 5.18. The van der Waals surface area contributed by atoms with Gasteiger partial charge in [-0.3, -0.25) is 0 Å². The van der Waals surface area contributed by atoms with Crippen LogP contribution in [0.2, 0.25) is 10.0 Å². The van der Waals surface area contributed by atoms with Crippen molar-refractivity contribution in [3.63, 3.8) is 0 Å². The summed E-state index contributed by atoms with van der Waals surface area (Å²) in [5.41, 5.74) is 3.94. The van der Waals surface area contributed by atoms with Gasteiger partial charge in [-0.15, -0.1) is 11.3 Å². The lowest BCUT2D eigenvalue weighted by atomic mass is 9.95. The lowest BCUT2D eigenvalue weighted by Crippen LogP contribution is -2.39. The molecule has 0 saturated carbocycles. The van der Waals surface area contributed by atoms with Crippen LogP contribution < -0.4 is 10.6 Å². The van der Waals surface area contributed by atoms with Crippen LogP contribution >= 0.6 is 34.5 Å². The number of urea groups is 1. The van der Waals surface area contributed by atoms with Crippen LogP contribution in [0.4, 0.5) is 4.79 Å². The van der Waals surface area contributed by atoms with Crippen LogP contribution in [0.5, 0.6) is 0 Å². The van der Waals surface area contributed by atoms with Crippen molar-refractivity contribution in [1.82, 2.24) is 10.6 Å². The van der Waals surface area contributed by atoms with Crippen LogP contribution in [0.3, 0.4) is 0 Å². The van der Waals surface area contributed by atoms with E-state index in [1.165, 1.54) is 11.3 Å². The van der Waals surface area contributed by atoms with Crippen LogP contribution in [0.1, 0.15) is 51.8 Å². The number of hydrogen-bond donors (Lipinski definition) is 2. The van der Waals surface area contributed by atoms with Gasteiger partial charge in [0.1, 0.15) is 4.88 Å². The molecule has 0 atom stereocenters. The van der Waals surface area contributed by atoms with Crippen LogP contribution in [-0.2, 0) is 17.6 Å². The number of benzene rings is 4. The minimum atomic E-state index is -0.374. The maximum atomic E-state index is 13.1. The summed E-state index contributed by atoms with van der Waals surface area (Å²) < 4.78 is 6.40. The highest BCUT2D eigenvalue weighted by Gasteiger charge is 2.21. The highest BCUT2D eigenvalue weighted by atomic mass is 35.5. The third kappa shape index (κ3) is 6.35. The SMILES string of the molecule is CCOC(=O)c1sc2ccc3cccc(CCNC(=O)NC(c4ccc(Cl)cc4)c4ccc(Cl)cc4)c3c2c1CC. The van der Waals surface area contributed by atoms with Gasteiger partial charge in [0.15, 0.2) is 0 Å². The maximum Gasteiger partial charge on any atom is 0.348 e. The van der Waals surface area contributed by atoms with Gasteiger partial charge in [-0.1, -0.05) is 78.7 Å². The van der Waals surface area contributed by atoms with E-state index in [0.717, 1.165) is 49.5 Å². The first-order chi connectivity index (χ1) is 19.9. The molecule has 2 N–H and O–H groups in total. The van der Waals surface area contributed by atoms with Gasteiger partial charge >= 0.3 is 12.0 Å². The van der Waals surface area contributed by atoms with E-state index in [1.54, 1.807) is 0 Å². The third-order valence-corrected chi connectivity index (χ3v) is 8.74. The van der Waals surface area contributed by atoms with E-state index in [1.807, 2.05) is 61.5 Å². The molecule has 1 aromatic heterocycles. The van der Waals surface area contributed by atoms with Crippen molar-refractivity contribution < 1.29 is 14.3 Å². The van der Waals surface area contributed by atoms with E-state index in [4.69, 9.17) is 27.9 Å². The summed E-state index contributed by atoms with van der Waals surface area (Å²) in [5, 5.41) is 10.7. The van der Waals surface area contributed by atoms with Gasteiger partial charge < -0.3 is 15.4 Å². The average molecular weight is 606 g/mol. The number of ether oxygens (including phenoxy) is 1. The monoisotopic (exact) mass is 604 g/mol. The summed E-state index contributed by atoms with van der Waals surface area (Å²) >= 11 is 13.7. The summed E-state index contributed by atoms with van der Waals surface area (Å²) in [4.78, 5) is 26.5. The van der Waals surface area contributed by atoms with Gasteiger partial charge in [0.25, 0.3) is 0 Å². The molecule has 0 aliphatic carbocycles. The van der Waals surface area contributed by atoms with E-state index in [0.29, 0.717) is 34.5 Å². The zero-order valence-corrected chi connectivity index (χ0v) is 25.1. The van der Waals surface area contributed by atoms with Crippen molar-refractivity contribution in [2.75, 3.05) is 13.2 Å². The quantitative estimate of drug-likeness (QED) is 0.165. The van der Waals surface area contributed by atoms with Gasteiger partial charge in [0.2, 0.25) is 0 Å². The molecule has 0 fully saturated rings. The zero-order valence-electron chi connectivity index (χ0n) is 22.8. The molecule has 0 radical (unpaired) electrons. The van der Waals surface area contributed by atoms with Gasteiger partial charge in [-0.25, -0.2) is 9.59 Å². The Kier molecular flexibility index (Phi) is 9.13. The normalized spacial score (nSPS) is 11.2. The Morgan fingerprint density at radius 2 is 1.51 bits per heavy atom. The number of nitrogens with one attached hydrogen (secondary N) is 2. The van der Waals surface area contributed by atoms with Crippen LogP contribution in [-0.4, -0.2) is 25.2 Å². The van der Waals surface area contributed by atoms with Crippen molar-refractivity contribution >= 4 is 67.4 Å². The molecule has 2 amide bonds. The van der Waals surface area contributed by atoms with E-state index in [9.17, 15) is 9.59 Å². The van der Waals surface area contributed by atoms with Crippen LogP contribution in [0, 0.1) is 0 Å². The minimum Gasteiger partial charge on any atom is -0.462 e. The number of carbonyl (C=O) groups excluding carboxylic acids is 2. The number of aryl methyl sites for hydroxylation is 1. The molecule has 0 aliphatic rings. The van der Waals surface area contributed by atoms with Crippen molar-refractivity contribution in [2.45, 2.75) is 32.7 Å². The number of halogens is 2. The average Bonchev–Trinajstić information content (AvgIpc) is 3.36. The molecule has 0 aliphatic heterocycles. The molecule has 210 valence electrons. The highest BCUT2D eigenvalue weighted by Crippen LogP contribution is 2.39. The number of rotatable bonds is 9. The standard InChI is InChI=1S/C33H30Cl2N2O3S/c1-3-26-29-27(41-31(26)32(38)40-4-2)17-12-20-6-5-7-21(28(20)29)18-19-36-33(39)37-30(22-8-13-24(34)14-9-22)23-10-15-25(35)16-11-23/h5-17,30H,3-4,18-19H2,1-2H3,(H2,36,37,39). The molecule has 5 rings (SSSR count). The number of esters is 1. The highest BCUT2D eigenvalue weighted by molar-refractivity contribution is 7.21. The predicted molar refractivity (Wildman–Crippen MR) is 170 cm³/mol. The molecule has 8 heteroatoms. The van der Waals surface area contributed by atoms with E-state index in [-0.39, 0.29) is 18.0 Å². The van der Waals surface area contributed by atoms with E-state index < -0.39 is 0 Å². The first kappa shape index (κ1) is 28.9. The molecule has 0 saturated heterocycles. The predicted octanol–water partition coefficient (Wildman–Crippen LogP) is 8.73. The first-order valence-electron chi connectivity index (χ1n) is 13.6. The Morgan fingerprint density at radius 1 is 0.854 bits per heavy atom. The lowest BCUT2D eigenvalue weighted by molar-refractivity contribution is 0.0531. The van der Waals surface area contributed by atoms with Gasteiger partial charge in [-0.2, -0.15) is 0 Å². The van der Waals surface area contributed by atoms with Crippen molar-refractivity contribution in [3.8, 4) is 0 Å². The molecule has 5 aromatic rings. The van der Waals surface area contributed by atoms with E-state index >= 15 is 0 Å². The van der Waals surface area contributed by atoms with Gasteiger partial charge in [-0.05, 0) is 83.1 Å². The molecule has 4 aromatic carbocycles. The van der Waals surface area contributed by atoms with Crippen LogP contribution in [0.25, 0.3) is 20.9 Å². The second-order valence-corrected chi connectivity index (χ2v) is 11.5. The number of thiophene rings is 1. The molecule has 0 unspecified atom stereocenters. The number of fused-ring (bicyclic) bond motifs is 3. The fraction of sp³-hybridized carbons (Fsp3) is 0.212. The first-order valence-corrected chi connectivity index (χ1v) is 15.1. The van der Waals surface area contributed by atoms with Gasteiger partial charge in [0, 0.05) is 26.7 Å². The number of hydrogen-bond acceptors (Lipinski definition) is 4. The Balaban J connectivity index is 1.37. The molecule has 0 spiro atoms. The Hall–Kier alpha value is -3.58. The van der Waals surface area contributed by atoms with Crippen LogP contribution in [0.15, 0.2) is 78.9 Å². The molecular weight excluding hydrogens is 575 g/mol. The maximum absolute atomic E-state index is 13.1. The summed E-state index contributed by atoms with van der Waals surface area (Å²) in [6, 6.07) is 24.6. The summed E-state index contributed by atoms with van der Waals surface area (Å²) in [7, 11) is 0. The smallest absolute Gasteiger partial charge is 0.348 e. The van der Waals surface area contributed by atoms with Crippen molar-refractivity contribution in [2.24, 2.45) is 0 Å². The fourth-order valence-corrected chi connectivity index (χ4v) is 6.62. The number of amides is 2. The second kappa shape index (κ2) is 12.9. The summed E-state index contributed by atoms with van der Waals surface area (Å²) in [6.07, 6.45) is 1.35. The Bertz CT molecular complexity index is 1650. The minimum absolute atomic E-state index is 0.273. The molecule has 5 nitrogen and oxygen atoms in total. The molecule has 0 bridgehead atoms. The molecule has 1 heterocycles.